The van der Waals surface area contributed by atoms with Gasteiger partial charge in [-0.25, -0.2) is 9.36 Å². The van der Waals surface area contributed by atoms with Crippen LogP contribution >= 0.6 is 0 Å². The van der Waals surface area contributed by atoms with Gasteiger partial charge in [0.05, 0.1) is 29.1 Å². The molecule has 0 saturated heterocycles. The topological polar surface area (TPSA) is 93.8 Å². The summed E-state index contributed by atoms with van der Waals surface area (Å²) in [6.07, 6.45) is 1.75. The zero-order valence-corrected chi connectivity index (χ0v) is 20.6. The molecule has 2 amide bonds. The van der Waals surface area contributed by atoms with Crippen LogP contribution in [0.3, 0.4) is 0 Å². The standard InChI is InChI=1S/C29H26N6O2/c1-20-25(21(2)35(32-20)24-16-10-5-11-17-24)18-27(36)30-31-29(37)26-19-34(23-14-8-4-9-15-23)33-28(26)22-12-6-3-7-13-22/h3-17,19H,18H2,1-2H3,(H,30,36)(H,31,37). The molecule has 0 fully saturated rings. The van der Waals surface area contributed by atoms with E-state index in [4.69, 9.17) is 0 Å². The Morgan fingerprint density at radius 1 is 0.757 bits per heavy atom. The quantitative estimate of drug-likeness (QED) is 0.346. The van der Waals surface area contributed by atoms with Crippen molar-refractivity contribution in [3.8, 4) is 22.6 Å². The zero-order valence-electron chi connectivity index (χ0n) is 20.6. The number of hydrazine groups is 1. The highest BCUT2D eigenvalue weighted by atomic mass is 16.2. The number of amides is 2. The fourth-order valence-electron chi connectivity index (χ4n) is 4.21. The third-order valence-electron chi connectivity index (χ3n) is 6.12. The fourth-order valence-corrected chi connectivity index (χ4v) is 4.21. The van der Waals surface area contributed by atoms with Crippen LogP contribution in [0.2, 0.25) is 0 Å². The summed E-state index contributed by atoms with van der Waals surface area (Å²) in [6.45, 7) is 3.80. The van der Waals surface area contributed by atoms with Crippen molar-refractivity contribution in [3.05, 3.63) is 120 Å². The van der Waals surface area contributed by atoms with Crippen LogP contribution in [-0.2, 0) is 11.2 Å². The Hall–Kier alpha value is -4.98. The molecule has 8 nitrogen and oxygen atoms in total. The van der Waals surface area contributed by atoms with Gasteiger partial charge in [0.25, 0.3) is 5.91 Å². The van der Waals surface area contributed by atoms with Gasteiger partial charge in [0.15, 0.2) is 0 Å². The largest absolute Gasteiger partial charge is 0.273 e. The number of benzene rings is 3. The number of para-hydroxylation sites is 2. The number of rotatable bonds is 6. The average Bonchev–Trinajstić information content (AvgIpc) is 3.51. The summed E-state index contributed by atoms with van der Waals surface area (Å²) in [7, 11) is 0. The molecule has 2 heterocycles. The van der Waals surface area contributed by atoms with Crippen molar-refractivity contribution in [1.29, 1.82) is 0 Å². The molecule has 0 aliphatic carbocycles. The van der Waals surface area contributed by atoms with E-state index >= 15 is 0 Å². The van der Waals surface area contributed by atoms with Crippen LogP contribution in [0, 0.1) is 13.8 Å². The molecule has 3 aromatic carbocycles. The van der Waals surface area contributed by atoms with Crippen LogP contribution in [0.5, 0.6) is 0 Å². The van der Waals surface area contributed by atoms with Crippen molar-refractivity contribution >= 4 is 11.8 Å². The van der Waals surface area contributed by atoms with E-state index in [0.29, 0.717) is 11.3 Å². The van der Waals surface area contributed by atoms with E-state index in [-0.39, 0.29) is 12.3 Å². The second-order valence-corrected chi connectivity index (χ2v) is 8.61. The van der Waals surface area contributed by atoms with Gasteiger partial charge in [-0.15, -0.1) is 0 Å². The third-order valence-corrected chi connectivity index (χ3v) is 6.12. The first kappa shape index (κ1) is 23.7. The molecule has 0 saturated carbocycles. The number of aryl methyl sites for hydroxylation is 1. The number of nitrogens with zero attached hydrogens (tertiary/aromatic N) is 4. The molecule has 0 radical (unpaired) electrons. The van der Waals surface area contributed by atoms with Gasteiger partial charge in [-0.2, -0.15) is 10.2 Å². The highest BCUT2D eigenvalue weighted by molar-refractivity contribution is 6.00. The smallest absolute Gasteiger partial charge is 0.273 e. The molecular formula is C29H26N6O2. The molecule has 5 rings (SSSR count). The van der Waals surface area contributed by atoms with E-state index in [1.807, 2.05) is 110 Å². The third kappa shape index (κ3) is 5.04. The van der Waals surface area contributed by atoms with E-state index < -0.39 is 5.91 Å². The highest BCUT2D eigenvalue weighted by Crippen LogP contribution is 2.24. The summed E-state index contributed by atoms with van der Waals surface area (Å²) in [4.78, 5) is 26.0. The lowest BCUT2D eigenvalue weighted by molar-refractivity contribution is -0.121. The summed E-state index contributed by atoms with van der Waals surface area (Å²) in [6, 6.07) is 28.8. The number of hydrogen-bond acceptors (Lipinski definition) is 4. The van der Waals surface area contributed by atoms with Crippen LogP contribution in [0.1, 0.15) is 27.3 Å². The van der Waals surface area contributed by atoms with E-state index in [0.717, 1.165) is 33.9 Å². The van der Waals surface area contributed by atoms with Gasteiger partial charge < -0.3 is 0 Å². The first-order valence-corrected chi connectivity index (χ1v) is 11.9. The monoisotopic (exact) mass is 490 g/mol. The normalized spacial score (nSPS) is 10.8. The van der Waals surface area contributed by atoms with Gasteiger partial charge in [-0.3, -0.25) is 20.4 Å². The van der Waals surface area contributed by atoms with Gasteiger partial charge in [-0.1, -0.05) is 66.7 Å². The van der Waals surface area contributed by atoms with Crippen LogP contribution in [0.4, 0.5) is 0 Å². The molecular weight excluding hydrogens is 464 g/mol. The minimum atomic E-state index is -0.456. The van der Waals surface area contributed by atoms with E-state index in [9.17, 15) is 9.59 Å². The van der Waals surface area contributed by atoms with Crippen LogP contribution in [-0.4, -0.2) is 31.4 Å². The fraction of sp³-hybridized carbons (Fsp3) is 0.103. The highest BCUT2D eigenvalue weighted by Gasteiger charge is 2.20. The van der Waals surface area contributed by atoms with Crippen molar-refractivity contribution in [2.75, 3.05) is 0 Å². The summed E-state index contributed by atoms with van der Waals surface area (Å²) >= 11 is 0. The Morgan fingerprint density at radius 2 is 1.35 bits per heavy atom. The predicted octanol–water partition coefficient (Wildman–Crippen LogP) is 4.35. The SMILES string of the molecule is Cc1nn(-c2ccccc2)c(C)c1CC(=O)NNC(=O)c1cn(-c2ccccc2)nc1-c1ccccc1. The summed E-state index contributed by atoms with van der Waals surface area (Å²) < 4.78 is 3.48. The molecule has 0 atom stereocenters. The van der Waals surface area contributed by atoms with Gasteiger partial charge in [0.2, 0.25) is 5.91 Å². The minimum Gasteiger partial charge on any atom is -0.273 e. The lowest BCUT2D eigenvalue weighted by Gasteiger charge is -2.08. The maximum atomic E-state index is 13.2. The molecule has 184 valence electrons. The maximum Gasteiger partial charge on any atom is 0.273 e. The number of carbonyl (C=O) groups excluding carboxylic acids is 2. The van der Waals surface area contributed by atoms with Gasteiger partial charge >= 0.3 is 0 Å². The molecule has 0 aliphatic heterocycles. The van der Waals surface area contributed by atoms with Gasteiger partial charge in [-0.05, 0) is 38.1 Å². The second kappa shape index (κ2) is 10.3. The number of carbonyl (C=O) groups is 2. The van der Waals surface area contributed by atoms with Crippen molar-refractivity contribution in [1.82, 2.24) is 30.4 Å². The van der Waals surface area contributed by atoms with Crippen molar-refractivity contribution in [2.24, 2.45) is 0 Å². The summed E-state index contributed by atoms with van der Waals surface area (Å²) in [5.74, 6) is -0.799. The van der Waals surface area contributed by atoms with Crippen molar-refractivity contribution < 1.29 is 9.59 Å². The van der Waals surface area contributed by atoms with Crippen LogP contribution in [0.25, 0.3) is 22.6 Å². The van der Waals surface area contributed by atoms with E-state index in [2.05, 4.69) is 21.0 Å². The zero-order chi connectivity index (χ0) is 25.8. The molecule has 5 aromatic rings. The molecule has 0 aliphatic rings. The number of nitrogens with one attached hydrogen (secondary N) is 2. The molecule has 37 heavy (non-hydrogen) atoms. The Morgan fingerprint density at radius 3 is 2.00 bits per heavy atom. The molecule has 2 N–H and O–H groups in total. The minimum absolute atomic E-state index is 0.0829. The van der Waals surface area contributed by atoms with E-state index in [1.54, 1.807) is 10.9 Å². The van der Waals surface area contributed by atoms with Gasteiger partial charge in [0, 0.05) is 23.0 Å². The predicted molar refractivity (Wildman–Crippen MR) is 141 cm³/mol. The molecule has 0 bridgehead atoms. The lowest BCUT2D eigenvalue weighted by atomic mass is 10.1. The lowest BCUT2D eigenvalue weighted by Crippen LogP contribution is -2.42. The first-order valence-electron chi connectivity index (χ1n) is 11.9. The maximum absolute atomic E-state index is 13.2. The van der Waals surface area contributed by atoms with E-state index in [1.165, 1.54) is 0 Å². The molecule has 2 aromatic heterocycles. The first-order chi connectivity index (χ1) is 18.0. The Kier molecular flexibility index (Phi) is 6.63. The average molecular weight is 491 g/mol. The molecule has 0 spiro atoms. The van der Waals surface area contributed by atoms with Crippen molar-refractivity contribution in [3.63, 3.8) is 0 Å². The van der Waals surface area contributed by atoms with Gasteiger partial charge in [0.1, 0.15) is 5.69 Å². The summed E-state index contributed by atoms with van der Waals surface area (Å²) in [5, 5.41) is 9.24. The number of aromatic nitrogens is 4. The Bertz CT molecular complexity index is 1540. The Balaban J connectivity index is 1.33. The molecule has 8 heteroatoms. The summed E-state index contributed by atoms with van der Waals surface area (Å²) in [5.41, 5.74) is 11.0. The van der Waals surface area contributed by atoms with Crippen LogP contribution in [0.15, 0.2) is 97.2 Å². The second-order valence-electron chi connectivity index (χ2n) is 8.61. The molecule has 0 unspecified atom stereocenters. The van der Waals surface area contributed by atoms with Crippen LogP contribution < -0.4 is 10.9 Å². The number of hydrogen-bond donors (Lipinski definition) is 2. The van der Waals surface area contributed by atoms with Crippen molar-refractivity contribution in [2.45, 2.75) is 20.3 Å². The Labute approximate surface area is 214 Å².